The Labute approximate surface area is 80.4 Å². The summed E-state index contributed by atoms with van der Waals surface area (Å²) in [6.07, 6.45) is 0.674. The fourth-order valence-corrected chi connectivity index (χ4v) is 2.48. The number of hydrogen-bond donors (Lipinski definition) is 1. The van der Waals surface area contributed by atoms with Gasteiger partial charge in [0.05, 0.1) is 17.6 Å². The van der Waals surface area contributed by atoms with Crippen molar-refractivity contribution in [2.45, 2.75) is 31.6 Å². The summed E-state index contributed by atoms with van der Waals surface area (Å²) in [7, 11) is -1.60. The number of rotatable bonds is 6. The first kappa shape index (κ1) is 12.9. The van der Waals surface area contributed by atoms with Crippen molar-refractivity contribution in [3.05, 3.63) is 0 Å². The molecule has 2 atom stereocenters. The highest BCUT2D eigenvalue weighted by atomic mass is 32.2. The van der Waals surface area contributed by atoms with Gasteiger partial charge in [0.2, 0.25) is 0 Å². The summed E-state index contributed by atoms with van der Waals surface area (Å²) < 4.78 is 27.8. The van der Waals surface area contributed by atoms with Gasteiger partial charge in [0.1, 0.15) is 0 Å². The molecule has 0 aromatic heterocycles. The SMILES string of the molecule is CCC(N)C(C)S(=O)(=O)CCOC. The normalized spacial score (nSPS) is 16.9. The second kappa shape index (κ2) is 5.57. The van der Waals surface area contributed by atoms with Gasteiger partial charge in [-0.1, -0.05) is 6.92 Å². The molecule has 0 heterocycles. The zero-order valence-electron chi connectivity index (χ0n) is 8.49. The van der Waals surface area contributed by atoms with Gasteiger partial charge in [-0.05, 0) is 13.3 Å². The van der Waals surface area contributed by atoms with E-state index in [-0.39, 0.29) is 18.4 Å². The molecule has 13 heavy (non-hydrogen) atoms. The lowest BCUT2D eigenvalue weighted by atomic mass is 10.2. The first-order chi connectivity index (χ1) is 5.95. The van der Waals surface area contributed by atoms with Gasteiger partial charge in [-0.15, -0.1) is 0 Å². The van der Waals surface area contributed by atoms with E-state index in [0.29, 0.717) is 6.42 Å². The van der Waals surface area contributed by atoms with Crippen LogP contribution in [0.4, 0.5) is 0 Å². The van der Waals surface area contributed by atoms with Crippen LogP contribution in [0.5, 0.6) is 0 Å². The molecule has 0 fully saturated rings. The van der Waals surface area contributed by atoms with Crippen LogP contribution >= 0.6 is 0 Å². The lowest BCUT2D eigenvalue weighted by molar-refractivity contribution is 0.217. The number of sulfone groups is 1. The molecular weight excluding hydrogens is 190 g/mol. The van der Waals surface area contributed by atoms with Gasteiger partial charge in [-0.25, -0.2) is 8.42 Å². The molecule has 2 N–H and O–H groups in total. The maximum absolute atomic E-state index is 11.5. The Morgan fingerprint density at radius 3 is 2.38 bits per heavy atom. The summed E-state index contributed by atoms with van der Waals surface area (Å²) in [5, 5.41) is -0.479. The third-order valence-electron chi connectivity index (χ3n) is 2.21. The number of hydrogen-bond acceptors (Lipinski definition) is 4. The van der Waals surface area contributed by atoms with Crippen LogP contribution in [0.3, 0.4) is 0 Å². The summed E-state index contributed by atoms with van der Waals surface area (Å²) >= 11 is 0. The van der Waals surface area contributed by atoms with E-state index in [1.165, 1.54) is 7.11 Å². The Balaban J connectivity index is 4.28. The smallest absolute Gasteiger partial charge is 0.156 e. The third kappa shape index (κ3) is 4.06. The lowest BCUT2D eigenvalue weighted by Crippen LogP contribution is -2.39. The second-order valence-corrected chi connectivity index (χ2v) is 5.61. The van der Waals surface area contributed by atoms with E-state index < -0.39 is 15.1 Å². The highest BCUT2D eigenvalue weighted by Crippen LogP contribution is 2.07. The number of nitrogens with two attached hydrogens (primary N) is 1. The molecule has 0 amide bonds. The molecule has 0 saturated heterocycles. The van der Waals surface area contributed by atoms with Crippen LogP contribution in [0.1, 0.15) is 20.3 Å². The van der Waals surface area contributed by atoms with Gasteiger partial charge in [-0.3, -0.25) is 0 Å². The summed E-state index contributed by atoms with van der Waals surface area (Å²) in [4.78, 5) is 0. The largest absolute Gasteiger partial charge is 0.384 e. The van der Waals surface area contributed by atoms with Crippen LogP contribution in [-0.2, 0) is 14.6 Å². The Kier molecular flexibility index (Phi) is 5.51. The Morgan fingerprint density at radius 1 is 1.46 bits per heavy atom. The molecule has 0 radical (unpaired) electrons. The topological polar surface area (TPSA) is 69.4 Å². The molecule has 0 bridgehead atoms. The van der Waals surface area contributed by atoms with Crippen molar-refractivity contribution >= 4 is 9.84 Å². The highest BCUT2D eigenvalue weighted by Gasteiger charge is 2.25. The van der Waals surface area contributed by atoms with Crippen LogP contribution in [0, 0.1) is 0 Å². The molecule has 0 aromatic rings. The van der Waals surface area contributed by atoms with Gasteiger partial charge in [0.25, 0.3) is 0 Å². The first-order valence-corrected chi connectivity index (χ1v) is 6.13. The predicted octanol–water partition coefficient (Wildman–Crippen LogP) is 0.173. The van der Waals surface area contributed by atoms with E-state index in [0.717, 1.165) is 0 Å². The molecule has 0 aliphatic rings. The molecule has 5 heteroatoms. The van der Waals surface area contributed by atoms with Crippen molar-refractivity contribution in [3.63, 3.8) is 0 Å². The highest BCUT2D eigenvalue weighted by molar-refractivity contribution is 7.92. The van der Waals surface area contributed by atoms with E-state index in [9.17, 15) is 8.42 Å². The van der Waals surface area contributed by atoms with Gasteiger partial charge in [0, 0.05) is 13.2 Å². The predicted molar refractivity (Wildman–Crippen MR) is 53.4 cm³/mol. The zero-order chi connectivity index (χ0) is 10.5. The van der Waals surface area contributed by atoms with Gasteiger partial charge < -0.3 is 10.5 Å². The summed E-state index contributed by atoms with van der Waals surface area (Å²) in [6, 6.07) is -0.276. The molecule has 80 valence electrons. The average Bonchev–Trinajstić information content (AvgIpc) is 2.12. The zero-order valence-corrected chi connectivity index (χ0v) is 9.30. The fourth-order valence-electron chi connectivity index (χ4n) is 0.984. The molecule has 0 spiro atoms. The molecule has 0 aliphatic heterocycles. The Bertz CT molecular complexity index is 226. The number of ether oxygens (including phenoxy) is 1. The first-order valence-electron chi connectivity index (χ1n) is 4.41. The minimum Gasteiger partial charge on any atom is -0.384 e. The Morgan fingerprint density at radius 2 is 2.00 bits per heavy atom. The lowest BCUT2D eigenvalue weighted by Gasteiger charge is -2.18. The van der Waals surface area contributed by atoms with Crippen LogP contribution in [0.15, 0.2) is 0 Å². The van der Waals surface area contributed by atoms with Crippen molar-refractivity contribution in [2.75, 3.05) is 19.5 Å². The van der Waals surface area contributed by atoms with E-state index >= 15 is 0 Å². The maximum Gasteiger partial charge on any atom is 0.156 e. The van der Waals surface area contributed by atoms with Crippen molar-refractivity contribution < 1.29 is 13.2 Å². The quantitative estimate of drug-likeness (QED) is 0.677. The van der Waals surface area contributed by atoms with E-state index in [1.807, 2.05) is 6.92 Å². The van der Waals surface area contributed by atoms with E-state index in [4.69, 9.17) is 10.5 Å². The van der Waals surface area contributed by atoms with Crippen LogP contribution < -0.4 is 5.73 Å². The molecule has 4 nitrogen and oxygen atoms in total. The monoisotopic (exact) mass is 209 g/mol. The van der Waals surface area contributed by atoms with E-state index in [2.05, 4.69) is 0 Å². The molecule has 2 unspecified atom stereocenters. The Hall–Kier alpha value is -0.130. The van der Waals surface area contributed by atoms with Crippen LogP contribution in [0.25, 0.3) is 0 Å². The van der Waals surface area contributed by atoms with Crippen molar-refractivity contribution in [3.8, 4) is 0 Å². The van der Waals surface area contributed by atoms with Gasteiger partial charge in [0.15, 0.2) is 9.84 Å². The van der Waals surface area contributed by atoms with Crippen molar-refractivity contribution in [1.29, 1.82) is 0 Å². The molecule has 0 aromatic carbocycles. The summed E-state index contributed by atoms with van der Waals surface area (Å²) in [5.74, 6) is 0.0539. The molecule has 0 saturated carbocycles. The van der Waals surface area contributed by atoms with Crippen molar-refractivity contribution in [1.82, 2.24) is 0 Å². The molecule has 0 rings (SSSR count). The third-order valence-corrected chi connectivity index (χ3v) is 4.43. The maximum atomic E-state index is 11.5. The van der Waals surface area contributed by atoms with Crippen LogP contribution in [0.2, 0.25) is 0 Å². The number of methoxy groups -OCH3 is 1. The second-order valence-electron chi connectivity index (χ2n) is 3.14. The molecular formula is C8H19NO3S. The molecule has 0 aliphatic carbocycles. The minimum absolute atomic E-state index is 0.0539. The van der Waals surface area contributed by atoms with Crippen molar-refractivity contribution in [2.24, 2.45) is 5.73 Å². The minimum atomic E-state index is -3.08. The fraction of sp³-hybridized carbons (Fsp3) is 1.00. The van der Waals surface area contributed by atoms with Crippen LogP contribution in [-0.4, -0.2) is 39.2 Å². The summed E-state index contributed by atoms with van der Waals surface area (Å²) in [5.41, 5.74) is 5.65. The van der Waals surface area contributed by atoms with E-state index in [1.54, 1.807) is 6.92 Å². The van der Waals surface area contributed by atoms with Gasteiger partial charge >= 0.3 is 0 Å². The van der Waals surface area contributed by atoms with Gasteiger partial charge in [-0.2, -0.15) is 0 Å². The standard InChI is InChI=1S/C8H19NO3S/c1-4-8(9)7(2)13(10,11)6-5-12-3/h7-8H,4-6,9H2,1-3H3. The average molecular weight is 209 g/mol. The summed E-state index contributed by atoms with van der Waals surface area (Å²) in [6.45, 7) is 3.77.